The lowest BCUT2D eigenvalue weighted by molar-refractivity contribution is 0.534. The molecule has 0 saturated heterocycles. The highest BCUT2D eigenvalue weighted by Gasteiger charge is 2.20. The number of hydrogen-bond donors (Lipinski definition) is 1. The van der Waals surface area contributed by atoms with E-state index in [0.29, 0.717) is 5.56 Å². The average Bonchev–Trinajstić information content (AvgIpc) is 2.47. The van der Waals surface area contributed by atoms with Crippen molar-refractivity contribution in [3.63, 3.8) is 0 Å². The lowest BCUT2D eigenvalue weighted by atomic mass is 9.94. The van der Waals surface area contributed by atoms with Crippen molar-refractivity contribution >= 4 is 15.9 Å². The molecule has 0 aliphatic carbocycles. The van der Waals surface area contributed by atoms with Crippen molar-refractivity contribution in [3.05, 3.63) is 69.2 Å². The molecule has 0 spiro atoms. The van der Waals surface area contributed by atoms with Crippen LogP contribution in [0.1, 0.15) is 36.1 Å². The van der Waals surface area contributed by atoms with Crippen LogP contribution in [0.2, 0.25) is 0 Å². The third-order valence-corrected chi connectivity index (χ3v) is 4.35. The van der Waals surface area contributed by atoms with Crippen LogP contribution in [0.25, 0.3) is 0 Å². The topological polar surface area (TPSA) is 12.0 Å². The Labute approximate surface area is 132 Å². The summed E-state index contributed by atoms with van der Waals surface area (Å²) < 4.78 is 28.6. The predicted octanol–water partition coefficient (Wildman–Crippen LogP) is 5.12. The van der Waals surface area contributed by atoms with E-state index in [0.717, 1.165) is 34.6 Å². The molecule has 1 nitrogen and oxygen atoms in total. The van der Waals surface area contributed by atoms with Gasteiger partial charge in [-0.3, -0.25) is 0 Å². The van der Waals surface area contributed by atoms with Gasteiger partial charge < -0.3 is 5.32 Å². The third-order valence-electron chi connectivity index (χ3n) is 3.49. The summed E-state index contributed by atoms with van der Waals surface area (Å²) in [6.07, 6.45) is 0.917. The van der Waals surface area contributed by atoms with E-state index in [1.807, 2.05) is 32.0 Å². The minimum Gasteiger partial charge on any atom is -0.306 e. The summed E-state index contributed by atoms with van der Waals surface area (Å²) in [6, 6.07) is 9.02. The van der Waals surface area contributed by atoms with Crippen molar-refractivity contribution in [1.82, 2.24) is 5.32 Å². The van der Waals surface area contributed by atoms with Crippen molar-refractivity contribution in [2.24, 2.45) is 0 Å². The van der Waals surface area contributed by atoms with Gasteiger partial charge in [0.25, 0.3) is 0 Å². The van der Waals surface area contributed by atoms with E-state index in [-0.39, 0.29) is 6.04 Å². The molecule has 0 fully saturated rings. The van der Waals surface area contributed by atoms with Crippen molar-refractivity contribution in [1.29, 1.82) is 0 Å². The third kappa shape index (κ3) is 3.69. The van der Waals surface area contributed by atoms with Gasteiger partial charge in [0.05, 0.1) is 6.04 Å². The van der Waals surface area contributed by atoms with E-state index in [2.05, 4.69) is 21.2 Å². The quantitative estimate of drug-likeness (QED) is 0.785. The van der Waals surface area contributed by atoms with Gasteiger partial charge in [-0.15, -0.1) is 0 Å². The maximum Gasteiger partial charge on any atom is 0.128 e. The Morgan fingerprint density at radius 2 is 1.90 bits per heavy atom. The van der Waals surface area contributed by atoms with E-state index in [4.69, 9.17) is 0 Å². The Morgan fingerprint density at radius 1 is 1.14 bits per heavy atom. The second-order valence-electron chi connectivity index (χ2n) is 5.01. The highest BCUT2D eigenvalue weighted by molar-refractivity contribution is 9.10. The summed E-state index contributed by atoms with van der Waals surface area (Å²) in [4.78, 5) is 0. The second kappa shape index (κ2) is 7.14. The van der Waals surface area contributed by atoms with Crippen LogP contribution < -0.4 is 5.32 Å². The summed E-state index contributed by atoms with van der Waals surface area (Å²) in [5.74, 6) is -0.827. The number of nitrogens with one attached hydrogen (secondary N) is 1. The van der Waals surface area contributed by atoms with Gasteiger partial charge in [-0.2, -0.15) is 0 Å². The zero-order valence-corrected chi connectivity index (χ0v) is 13.7. The maximum atomic E-state index is 14.1. The van der Waals surface area contributed by atoms with E-state index >= 15 is 0 Å². The monoisotopic (exact) mass is 353 g/mol. The van der Waals surface area contributed by atoms with Gasteiger partial charge >= 0.3 is 0 Å². The van der Waals surface area contributed by atoms with Gasteiger partial charge in [0.2, 0.25) is 0 Å². The van der Waals surface area contributed by atoms with Crippen LogP contribution in [0.5, 0.6) is 0 Å². The molecule has 2 rings (SSSR count). The SMILES string of the molecule is CCCNC(c1cc(F)ccc1F)c1cccc(Br)c1C. The predicted molar refractivity (Wildman–Crippen MR) is 85.4 cm³/mol. The molecule has 2 aromatic carbocycles. The first-order valence-electron chi connectivity index (χ1n) is 6.98. The highest BCUT2D eigenvalue weighted by atomic mass is 79.9. The molecule has 0 heterocycles. The summed E-state index contributed by atoms with van der Waals surface area (Å²) in [5, 5.41) is 3.31. The zero-order chi connectivity index (χ0) is 15.4. The Morgan fingerprint density at radius 3 is 2.62 bits per heavy atom. The highest BCUT2D eigenvalue weighted by Crippen LogP contribution is 2.30. The molecular formula is C17H18BrF2N. The Balaban J connectivity index is 2.52. The molecule has 0 bridgehead atoms. The van der Waals surface area contributed by atoms with Crippen LogP contribution in [0.15, 0.2) is 40.9 Å². The number of benzene rings is 2. The van der Waals surface area contributed by atoms with Gasteiger partial charge in [0, 0.05) is 10.0 Å². The molecule has 1 unspecified atom stereocenters. The summed E-state index contributed by atoms with van der Waals surface area (Å²) in [6.45, 7) is 4.74. The van der Waals surface area contributed by atoms with Gasteiger partial charge in [0.15, 0.2) is 0 Å². The molecule has 0 amide bonds. The minimum atomic E-state index is -0.428. The molecule has 1 atom stereocenters. The molecule has 0 radical (unpaired) electrons. The molecule has 2 aromatic rings. The molecule has 0 aliphatic rings. The largest absolute Gasteiger partial charge is 0.306 e. The molecule has 1 N–H and O–H groups in total. The van der Waals surface area contributed by atoms with E-state index in [1.165, 1.54) is 12.1 Å². The molecule has 0 saturated carbocycles. The standard InChI is InChI=1S/C17H18BrF2N/c1-3-9-21-17(13-5-4-6-15(18)11(13)2)14-10-12(19)7-8-16(14)20/h4-8,10,17,21H,3,9H2,1-2H3. The molecule has 0 aromatic heterocycles. The first-order valence-corrected chi connectivity index (χ1v) is 7.77. The number of hydrogen-bond acceptors (Lipinski definition) is 1. The normalized spacial score (nSPS) is 12.4. The Hall–Kier alpha value is -1.26. The minimum absolute atomic E-state index is 0.338. The second-order valence-corrected chi connectivity index (χ2v) is 5.86. The van der Waals surface area contributed by atoms with E-state index < -0.39 is 11.6 Å². The maximum absolute atomic E-state index is 14.1. The molecule has 21 heavy (non-hydrogen) atoms. The van der Waals surface area contributed by atoms with Crippen LogP contribution in [0.4, 0.5) is 8.78 Å². The molecule has 0 aliphatic heterocycles. The van der Waals surface area contributed by atoms with Crippen LogP contribution in [-0.2, 0) is 0 Å². The average molecular weight is 354 g/mol. The lowest BCUT2D eigenvalue weighted by Gasteiger charge is -2.22. The smallest absolute Gasteiger partial charge is 0.128 e. The first-order chi connectivity index (χ1) is 10.0. The summed E-state index contributed by atoms with van der Waals surface area (Å²) in [5.41, 5.74) is 2.31. The van der Waals surface area contributed by atoms with E-state index in [1.54, 1.807) is 0 Å². The van der Waals surface area contributed by atoms with Gasteiger partial charge in [-0.05, 0) is 55.3 Å². The van der Waals surface area contributed by atoms with Crippen LogP contribution in [0, 0.1) is 18.6 Å². The summed E-state index contributed by atoms with van der Waals surface area (Å²) in [7, 11) is 0. The number of rotatable bonds is 5. The fourth-order valence-electron chi connectivity index (χ4n) is 2.35. The fraction of sp³-hybridized carbons (Fsp3) is 0.294. The zero-order valence-electron chi connectivity index (χ0n) is 12.1. The van der Waals surface area contributed by atoms with E-state index in [9.17, 15) is 8.78 Å². The Kier molecular flexibility index (Phi) is 5.48. The van der Waals surface area contributed by atoms with Gasteiger partial charge in [-0.1, -0.05) is 35.0 Å². The van der Waals surface area contributed by atoms with Crippen molar-refractivity contribution in [2.75, 3.05) is 6.54 Å². The molecule has 4 heteroatoms. The number of halogens is 3. The molecular weight excluding hydrogens is 336 g/mol. The lowest BCUT2D eigenvalue weighted by Crippen LogP contribution is -2.25. The van der Waals surface area contributed by atoms with Crippen molar-refractivity contribution in [2.45, 2.75) is 26.3 Å². The Bertz CT molecular complexity index is 626. The van der Waals surface area contributed by atoms with Crippen LogP contribution >= 0.6 is 15.9 Å². The van der Waals surface area contributed by atoms with Gasteiger partial charge in [0.1, 0.15) is 11.6 Å². The first kappa shape index (κ1) is 16.1. The fourth-order valence-corrected chi connectivity index (χ4v) is 2.73. The van der Waals surface area contributed by atoms with Crippen molar-refractivity contribution < 1.29 is 8.78 Å². The van der Waals surface area contributed by atoms with Crippen molar-refractivity contribution in [3.8, 4) is 0 Å². The molecule has 112 valence electrons. The van der Waals surface area contributed by atoms with Crippen LogP contribution in [-0.4, -0.2) is 6.54 Å². The van der Waals surface area contributed by atoms with Crippen LogP contribution in [0.3, 0.4) is 0 Å². The van der Waals surface area contributed by atoms with Gasteiger partial charge in [-0.25, -0.2) is 8.78 Å². The summed E-state index contributed by atoms with van der Waals surface area (Å²) >= 11 is 3.49.